The molecule has 16 heteroatoms. The zero-order chi connectivity index (χ0) is 37.1. The van der Waals surface area contributed by atoms with E-state index in [0.717, 1.165) is 12.1 Å². The summed E-state index contributed by atoms with van der Waals surface area (Å²) >= 11 is 0. The molecule has 1 aliphatic rings. The summed E-state index contributed by atoms with van der Waals surface area (Å²) in [5.41, 5.74) is 3.07. The molecule has 1 aliphatic heterocycles. The molecule has 0 saturated carbocycles. The first kappa shape index (κ1) is 37.3. The van der Waals surface area contributed by atoms with Gasteiger partial charge in [-0.3, -0.25) is 19.4 Å². The summed E-state index contributed by atoms with van der Waals surface area (Å²) in [7, 11) is 0. The van der Waals surface area contributed by atoms with E-state index in [2.05, 4.69) is 26.5 Å². The number of carbonyl (C=O) groups is 3. The Labute approximate surface area is 296 Å². The number of hydrogen-bond donors (Lipinski definition) is 5. The van der Waals surface area contributed by atoms with Crippen LogP contribution in [0.5, 0.6) is 11.5 Å². The summed E-state index contributed by atoms with van der Waals surface area (Å²) in [6.45, 7) is 2.36. The molecule has 0 spiro atoms. The Bertz CT molecular complexity index is 1900. The monoisotopic (exact) mass is 721 g/mol. The maximum absolute atomic E-state index is 13.9. The van der Waals surface area contributed by atoms with Gasteiger partial charge in [-0.25, -0.2) is 14.6 Å². The van der Waals surface area contributed by atoms with Gasteiger partial charge in [0.15, 0.2) is 0 Å². The number of carbonyl (C=O) groups excluding carboxylic acids is 3. The van der Waals surface area contributed by atoms with Crippen LogP contribution in [-0.2, 0) is 22.4 Å². The first-order chi connectivity index (χ1) is 24.9. The van der Waals surface area contributed by atoms with Crippen molar-refractivity contribution in [3.63, 3.8) is 0 Å². The Morgan fingerprint density at radius 1 is 0.769 bits per heavy atom. The van der Waals surface area contributed by atoms with E-state index in [9.17, 15) is 37.1 Å². The quantitative estimate of drug-likeness (QED) is 0.0740. The molecule has 1 saturated heterocycles. The second kappa shape index (κ2) is 17.3. The van der Waals surface area contributed by atoms with Crippen molar-refractivity contribution in [3.05, 3.63) is 114 Å². The lowest BCUT2D eigenvalue weighted by molar-refractivity contribution is -0.137. The van der Waals surface area contributed by atoms with Crippen molar-refractivity contribution in [2.24, 2.45) is 5.10 Å². The fourth-order valence-corrected chi connectivity index (χ4v) is 5.13. The van der Waals surface area contributed by atoms with Crippen molar-refractivity contribution >= 4 is 41.1 Å². The molecule has 52 heavy (non-hydrogen) atoms. The van der Waals surface area contributed by atoms with Crippen LogP contribution >= 0.6 is 0 Å². The van der Waals surface area contributed by atoms with Gasteiger partial charge < -0.3 is 25.8 Å². The number of amides is 4. The zero-order valence-corrected chi connectivity index (χ0v) is 27.6. The van der Waals surface area contributed by atoms with Crippen molar-refractivity contribution in [2.45, 2.75) is 12.8 Å². The predicted octanol–water partition coefficient (Wildman–Crippen LogP) is 5.48. The van der Waals surface area contributed by atoms with E-state index in [-0.39, 0.29) is 48.8 Å². The molecule has 4 aromatic carbocycles. The normalized spacial score (nSPS) is 13.8. The van der Waals surface area contributed by atoms with E-state index in [1.807, 2.05) is 9.80 Å². The number of urea groups is 1. The Morgan fingerprint density at radius 2 is 1.40 bits per heavy atom. The minimum absolute atomic E-state index is 0.00165. The summed E-state index contributed by atoms with van der Waals surface area (Å²) in [5, 5.41) is 21.8. The van der Waals surface area contributed by atoms with Gasteiger partial charge >= 0.3 is 12.2 Å². The van der Waals surface area contributed by atoms with Gasteiger partial charge in [-0.2, -0.15) is 18.3 Å². The third kappa shape index (κ3) is 11.3. The fourth-order valence-electron chi connectivity index (χ4n) is 5.13. The summed E-state index contributed by atoms with van der Waals surface area (Å²) < 4.78 is 58.2. The average molecular weight is 722 g/mol. The number of phenols is 1. The minimum atomic E-state index is -4.53. The number of rotatable bonds is 12. The molecule has 0 atom stereocenters. The standard InChI is InChI=1S/C36H35F4N7O5/c37-31-7-2-1-4-24(31)23-52-30-12-13-32(48)25(18-30)20-41-45-34(50)22-47-16-14-46(15-17-47)21-33(49)42-27-8-10-28(11-9-27)43-35(51)44-29-6-3-5-26(19-29)36(38,39)40/h1-13,18-20,48H,14-17,21-23H2,(H,42,49)(H,45,50)(H2,43,44,51)/b41-20+. The van der Waals surface area contributed by atoms with E-state index >= 15 is 0 Å². The molecule has 0 unspecified atom stereocenters. The van der Waals surface area contributed by atoms with Crippen LogP contribution in [-0.4, -0.2) is 78.2 Å². The molecule has 0 radical (unpaired) electrons. The number of piperazine rings is 1. The van der Waals surface area contributed by atoms with Crippen molar-refractivity contribution in [3.8, 4) is 11.5 Å². The van der Waals surface area contributed by atoms with Gasteiger partial charge in [0.25, 0.3) is 5.91 Å². The highest BCUT2D eigenvalue weighted by molar-refractivity contribution is 6.00. The number of nitrogens with one attached hydrogen (secondary N) is 4. The van der Waals surface area contributed by atoms with Crippen LogP contribution in [0.25, 0.3) is 0 Å². The molecule has 0 aromatic heterocycles. The lowest BCUT2D eigenvalue weighted by Crippen LogP contribution is -2.50. The second-order valence-corrected chi connectivity index (χ2v) is 11.7. The second-order valence-electron chi connectivity index (χ2n) is 11.7. The van der Waals surface area contributed by atoms with Crippen LogP contribution < -0.4 is 26.1 Å². The number of halogens is 4. The van der Waals surface area contributed by atoms with Crippen LogP contribution in [0.4, 0.5) is 39.4 Å². The number of nitrogens with zero attached hydrogens (tertiary/aromatic N) is 3. The minimum Gasteiger partial charge on any atom is -0.507 e. The maximum Gasteiger partial charge on any atom is 0.416 e. The SMILES string of the molecule is O=C(CN1CCN(CC(=O)Nc2ccc(NC(=O)Nc3cccc(C(F)(F)F)c3)cc2)CC1)N/N=C/c1cc(OCc2ccccc2F)ccc1O. The number of benzene rings is 4. The average Bonchev–Trinajstić information content (AvgIpc) is 3.10. The first-order valence-corrected chi connectivity index (χ1v) is 16.0. The lowest BCUT2D eigenvalue weighted by Gasteiger charge is -2.33. The molecule has 4 amide bonds. The van der Waals surface area contributed by atoms with Crippen LogP contribution in [0.15, 0.2) is 96.1 Å². The number of hydrazone groups is 1. The molecular weight excluding hydrogens is 686 g/mol. The summed E-state index contributed by atoms with van der Waals surface area (Å²) in [5.74, 6) is -0.699. The Morgan fingerprint density at radius 3 is 2.08 bits per heavy atom. The van der Waals surface area contributed by atoms with Gasteiger partial charge in [-0.15, -0.1) is 0 Å². The van der Waals surface area contributed by atoms with Gasteiger partial charge in [0.05, 0.1) is 24.9 Å². The molecule has 12 nitrogen and oxygen atoms in total. The van der Waals surface area contributed by atoms with Gasteiger partial charge in [0, 0.05) is 54.4 Å². The molecule has 1 heterocycles. The number of phenolic OH excluding ortho intramolecular Hbond substituents is 1. The highest BCUT2D eigenvalue weighted by Gasteiger charge is 2.30. The fraction of sp³-hybridized carbons (Fsp3) is 0.222. The molecule has 0 aliphatic carbocycles. The van der Waals surface area contributed by atoms with Gasteiger partial charge in [-0.05, 0) is 66.7 Å². The lowest BCUT2D eigenvalue weighted by atomic mass is 10.2. The topological polar surface area (TPSA) is 148 Å². The Balaban J connectivity index is 0.990. The number of anilines is 3. The summed E-state index contributed by atoms with van der Waals surface area (Å²) in [4.78, 5) is 41.3. The van der Waals surface area contributed by atoms with E-state index in [4.69, 9.17) is 4.74 Å². The van der Waals surface area contributed by atoms with E-state index in [1.54, 1.807) is 42.5 Å². The Hall–Kier alpha value is -6.00. The maximum atomic E-state index is 13.9. The number of alkyl halides is 3. The van der Waals surface area contributed by atoms with E-state index < -0.39 is 17.8 Å². The molecule has 1 fully saturated rings. The third-order valence-electron chi connectivity index (χ3n) is 7.82. The van der Waals surface area contributed by atoms with Crippen LogP contribution in [0.3, 0.4) is 0 Å². The largest absolute Gasteiger partial charge is 0.507 e. The van der Waals surface area contributed by atoms with Crippen LogP contribution in [0.2, 0.25) is 0 Å². The predicted molar refractivity (Wildman–Crippen MR) is 187 cm³/mol. The third-order valence-corrected chi connectivity index (χ3v) is 7.82. The number of ether oxygens (including phenoxy) is 1. The highest BCUT2D eigenvalue weighted by atomic mass is 19.4. The van der Waals surface area contributed by atoms with E-state index in [1.165, 1.54) is 42.6 Å². The molecule has 5 N–H and O–H groups in total. The van der Waals surface area contributed by atoms with Crippen molar-refractivity contribution in [2.75, 3.05) is 55.2 Å². The number of aromatic hydroxyl groups is 1. The molecule has 4 aromatic rings. The van der Waals surface area contributed by atoms with Gasteiger partial charge in [-0.1, -0.05) is 24.3 Å². The smallest absolute Gasteiger partial charge is 0.416 e. The summed E-state index contributed by atoms with van der Waals surface area (Å²) in [6.07, 6.45) is -3.25. The Kier molecular flexibility index (Phi) is 12.4. The molecule has 0 bridgehead atoms. The van der Waals surface area contributed by atoms with Crippen molar-refractivity contribution in [1.29, 1.82) is 0 Å². The highest BCUT2D eigenvalue weighted by Crippen LogP contribution is 2.30. The zero-order valence-electron chi connectivity index (χ0n) is 27.6. The van der Waals surface area contributed by atoms with Crippen LogP contribution in [0, 0.1) is 5.82 Å². The number of hydrogen-bond acceptors (Lipinski definition) is 8. The van der Waals surface area contributed by atoms with Gasteiger partial charge in [0.1, 0.15) is 23.9 Å². The summed E-state index contributed by atoms with van der Waals surface area (Å²) in [6, 6.07) is 20.5. The van der Waals surface area contributed by atoms with E-state index in [0.29, 0.717) is 54.4 Å². The molecular formula is C36H35F4N7O5. The van der Waals surface area contributed by atoms with Crippen molar-refractivity contribution < 1.29 is 41.8 Å². The van der Waals surface area contributed by atoms with Gasteiger partial charge in [0.2, 0.25) is 5.91 Å². The molecule has 5 rings (SSSR count). The molecule has 272 valence electrons. The van der Waals surface area contributed by atoms with Crippen molar-refractivity contribution in [1.82, 2.24) is 15.2 Å². The first-order valence-electron chi connectivity index (χ1n) is 16.0. The van der Waals surface area contributed by atoms with Crippen LogP contribution in [0.1, 0.15) is 16.7 Å².